The molecule has 2 rings (SSSR count). The van der Waals surface area contributed by atoms with Crippen molar-refractivity contribution in [3.8, 4) is 0 Å². The molecule has 0 bridgehead atoms. The van der Waals surface area contributed by atoms with E-state index in [1.165, 1.54) is 16.2 Å². The number of carboxylic acids is 1. The number of likely N-dealkylation sites (tertiary alicyclic amines) is 1. The number of amides is 2. The number of aromatic nitrogens is 1. The van der Waals surface area contributed by atoms with Crippen molar-refractivity contribution in [3.63, 3.8) is 0 Å². The summed E-state index contributed by atoms with van der Waals surface area (Å²) in [5.74, 6) is -1.58. The molecule has 23 heavy (non-hydrogen) atoms. The number of nitrogens with zero attached hydrogens (tertiary/aromatic N) is 2. The summed E-state index contributed by atoms with van der Waals surface area (Å²) < 4.78 is 0. The van der Waals surface area contributed by atoms with E-state index in [1.54, 1.807) is 5.51 Å². The van der Waals surface area contributed by atoms with Crippen molar-refractivity contribution in [3.05, 3.63) is 16.1 Å². The second kappa shape index (κ2) is 7.54. The number of rotatable bonds is 5. The van der Waals surface area contributed by atoms with Crippen LogP contribution < -0.4 is 5.32 Å². The van der Waals surface area contributed by atoms with Gasteiger partial charge in [-0.2, -0.15) is 0 Å². The number of thiazole rings is 1. The number of carbonyl (C=O) groups excluding carboxylic acids is 2. The Balaban J connectivity index is 2.10. The number of aliphatic carboxylic acids is 1. The predicted octanol–water partition coefficient (Wildman–Crippen LogP) is 1.46. The van der Waals surface area contributed by atoms with E-state index >= 15 is 0 Å². The van der Waals surface area contributed by atoms with Gasteiger partial charge in [0.15, 0.2) is 0 Å². The minimum atomic E-state index is -1.05. The zero-order valence-corrected chi connectivity index (χ0v) is 14.1. The molecule has 1 saturated heterocycles. The molecule has 1 aromatic rings. The van der Waals surface area contributed by atoms with Gasteiger partial charge in [-0.25, -0.2) is 4.98 Å². The van der Waals surface area contributed by atoms with Crippen LogP contribution in [0.25, 0.3) is 0 Å². The molecule has 0 radical (unpaired) electrons. The summed E-state index contributed by atoms with van der Waals surface area (Å²) in [6, 6.07) is -0.689. The molecular formula is C15H21N3O4S. The number of hydrogen-bond donors (Lipinski definition) is 2. The van der Waals surface area contributed by atoms with Crippen molar-refractivity contribution >= 4 is 29.1 Å². The molecule has 126 valence electrons. The van der Waals surface area contributed by atoms with Crippen LogP contribution in [0.2, 0.25) is 0 Å². The minimum Gasteiger partial charge on any atom is -0.480 e. The van der Waals surface area contributed by atoms with Crippen LogP contribution in [0.15, 0.2) is 5.51 Å². The van der Waals surface area contributed by atoms with E-state index in [-0.39, 0.29) is 24.3 Å². The smallest absolute Gasteiger partial charge is 0.323 e. The van der Waals surface area contributed by atoms with Gasteiger partial charge in [0.05, 0.1) is 5.51 Å². The summed E-state index contributed by atoms with van der Waals surface area (Å²) in [6.07, 6.45) is 2.02. The Morgan fingerprint density at radius 1 is 1.48 bits per heavy atom. The standard InChI is InChI=1S/C15H21N3O4S/c1-9(2)13-12(16-8-23-13)14(21)17-10-5-3-4-6-18(15(10)22)7-11(19)20/h8-10H,3-7H2,1-2H3,(H,17,21)(H,19,20). The first-order chi connectivity index (χ1) is 10.9. The van der Waals surface area contributed by atoms with Crippen molar-refractivity contribution in [2.75, 3.05) is 13.1 Å². The molecule has 1 aromatic heterocycles. The van der Waals surface area contributed by atoms with Crippen LogP contribution in [0.3, 0.4) is 0 Å². The van der Waals surface area contributed by atoms with Gasteiger partial charge in [-0.3, -0.25) is 14.4 Å². The third kappa shape index (κ3) is 4.28. The Morgan fingerprint density at radius 2 is 2.22 bits per heavy atom. The van der Waals surface area contributed by atoms with E-state index < -0.39 is 12.0 Å². The van der Waals surface area contributed by atoms with Gasteiger partial charge in [-0.05, 0) is 25.2 Å². The van der Waals surface area contributed by atoms with E-state index in [1.807, 2.05) is 13.8 Å². The predicted molar refractivity (Wildman–Crippen MR) is 85.5 cm³/mol. The van der Waals surface area contributed by atoms with Crippen molar-refractivity contribution in [2.24, 2.45) is 0 Å². The topological polar surface area (TPSA) is 99.6 Å². The molecule has 2 N–H and O–H groups in total. The Labute approximate surface area is 138 Å². The van der Waals surface area contributed by atoms with Crippen LogP contribution in [0.4, 0.5) is 0 Å². The Morgan fingerprint density at radius 3 is 2.87 bits per heavy atom. The summed E-state index contributed by atoms with van der Waals surface area (Å²) >= 11 is 1.42. The van der Waals surface area contributed by atoms with E-state index in [0.717, 1.165) is 17.7 Å². The quantitative estimate of drug-likeness (QED) is 0.846. The molecule has 1 aliphatic heterocycles. The maximum absolute atomic E-state index is 12.4. The van der Waals surface area contributed by atoms with Crippen molar-refractivity contribution in [1.29, 1.82) is 0 Å². The highest BCUT2D eigenvalue weighted by molar-refractivity contribution is 7.10. The zero-order chi connectivity index (χ0) is 17.0. The van der Waals surface area contributed by atoms with Gasteiger partial charge in [0.1, 0.15) is 18.3 Å². The van der Waals surface area contributed by atoms with Crippen LogP contribution in [0, 0.1) is 0 Å². The molecule has 0 aromatic carbocycles. The average Bonchev–Trinajstić information content (AvgIpc) is 2.91. The first kappa shape index (κ1) is 17.4. The van der Waals surface area contributed by atoms with Gasteiger partial charge in [0, 0.05) is 11.4 Å². The molecule has 7 nitrogen and oxygen atoms in total. The molecule has 2 amide bonds. The summed E-state index contributed by atoms with van der Waals surface area (Å²) in [5.41, 5.74) is 1.97. The van der Waals surface area contributed by atoms with Gasteiger partial charge in [0.2, 0.25) is 5.91 Å². The zero-order valence-electron chi connectivity index (χ0n) is 13.2. The maximum atomic E-state index is 12.4. The minimum absolute atomic E-state index is 0.177. The molecule has 1 fully saturated rings. The molecule has 1 aliphatic rings. The molecule has 2 heterocycles. The van der Waals surface area contributed by atoms with Crippen LogP contribution in [0.5, 0.6) is 0 Å². The van der Waals surface area contributed by atoms with Gasteiger partial charge < -0.3 is 15.3 Å². The van der Waals surface area contributed by atoms with Crippen LogP contribution in [-0.4, -0.2) is 51.9 Å². The van der Waals surface area contributed by atoms with Crippen molar-refractivity contribution in [2.45, 2.75) is 45.1 Å². The first-order valence-electron chi connectivity index (χ1n) is 7.65. The normalized spacial score (nSPS) is 18.8. The van der Waals surface area contributed by atoms with E-state index in [9.17, 15) is 14.4 Å². The average molecular weight is 339 g/mol. The van der Waals surface area contributed by atoms with E-state index in [0.29, 0.717) is 18.7 Å². The molecule has 0 aliphatic carbocycles. The Kier molecular flexibility index (Phi) is 5.70. The molecule has 0 spiro atoms. The Hall–Kier alpha value is -1.96. The largest absolute Gasteiger partial charge is 0.480 e. The molecule has 8 heteroatoms. The fourth-order valence-corrected chi connectivity index (χ4v) is 3.42. The lowest BCUT2D eigenvalue weighted by Crippen LogP contribution is -2.48. The lowest BCUT2D eigenvalue weighted by molar-refractivity contribution is -0.144. The van der Waals surface area contributed by atoms with Gasteiger partial charge >= 0.3 is 5.97 Å². The number of carboxylic acid groups (broad SMARTS) is 1. The van der Waals surface area contributed by atoms with Gasteiger partial charge in [-0.1, -0.05) is 13.8 Å². The monoisotopic (exact) mass is 339 g/mol. The SMILES string of the molecule is CC(C)c1scnc1C(=O)NC1CCCCN(CC(=O)O)C1=O. The fourth-order valence-electron chi connectivity index (χ4n) is 2.62. The summed E-state index contributed by atoms with van der Waals surface area (Å²) in [7, 11) is 0. The molecule has 1 unspecified atom stereocenters. The van der Waals surface area contributed by atoms with Gasteiger partial charge in [0.25, 0.3) is 5.91 Å². The lowest BCUT2D eigenvalue weighted by Gasteiger charge is -2.23. The number of carbonyl (C=O) groups is 3. The number of nitrogens with one attached hydrogen (secondary N) is 1. The van der Waals surface area contributed by atoms with Crippen LogP contribution >= 0.6 is 11.3 Å². The second-order valence-electron chi connectivity index (χ2n) is 5.90. The van der Waals surface area contributed by atoms with E-state index in [2.05, 4.69) is 10.3 Å². The summed E-state index contributed by atoms with van der Waals surface area (Å²) in [4.78, 5) is 42.0. The van der Waals surface area contributed by atoms with Gasteiger partial charge in [-0.15, -0.1) is 11.3 Å². The Bertz CT molecular complexity index is 599. The highest BCUT2D eigenvalue weighted by Gasteiger charge is 2.30. The molecular weight excluding hydrogens is 318 g/mol. The summed E-state index contributed by atoms with van der Waals surface area (Å²) in [6.45, 7) is 4.04. The third-order valence-corrected chi connectivity index (χ3v) is 4.88. The summed E-state index contributed by atoms with van der Waals surface area (Å²) in [5, 5.41) is 11.6. The van der Waals surface area contributed by atoms with Crippen LogP contribution in [-0.2, 0) is 9.59 Å². The molecule has 1 atom stereocenters. The lowest BCUT2D eigenvalue weighted by atomic mass is 10.1. The fraction of sp³-hybridized carbons (Fsp3) is 0.600. The van der Waals surface area contributed by atoms with E-state index in [4.69, 9.17) is 5.11 Å². The van der Waals surface area contributed by atoms with Crippen molar-refractivity contribution < 1.29 is 19.5 Å². The van der Waals surface area contributed by atoms with Crippen molar-refractivity contribution in [1.82, 2.24) is 15.2 Å². The first-order valence-corrected chi connectivity index (χ1v) is 8.53. The molecule has 0 saturated carbocycles. The van der Waals surface area contributed by atoms with Crippen LogP contribution in [0.1, 0.15) is 54.4 Å². The highest BCUT2D eigenvalue weighted by Crippen LogP contribution is 2.23. The number of hydrogen-bond acceptors (Lipinski definition) is 5. The third-order valence-electron chi connectivity index (χ3n) is 3.75. The second-order valence-corrected chi connectivity index (χ2v) is 6.78. The maximum Gasteiger partial charge on any atom is 0.323 e. The highest BCUT2D eigenvalue weighted by atomic mass is 32.1.